The van der Waals surface area contributed by atoms with Crippen molar-refractivity contribution in [2.45, 2.75) is 0 Å². The van der Waals surface area contributed by atoms with E-state index < -0.39 is 0 Å². The van der Waals surface area contributed by atoms with Crippen LogP contribution in [0.2, 0.25) is 0 Å². The number of hydrogen-bond donors (Lipinski definition) is 1. The van der Waals surface area contributed by atoms with E-state index in [0.717, 1.165) is 23.0 Å². The van der Waals surface area contributed by atoms with Gasteiger partial charge in [0.15, 0.2) is 17.8 Å². The molecule has 5 heteroatoms. The van der Waals surface area contributed by atoms with E-state index in [0.29, 0.717) is 28.4 Å². The number of carbonyl (C=O) groups is 1. The molecule has 0 heterocycles. The third-order valence-corrected chi connectivity index (χ3v) is 4.41. The number of ether oxygens (including phenoxy) is 3. The Balaban J connectivity index is 1.97. The average Bonchev–Trinajstić information content (AvgIpc) is 2.77. The average molecular weight is 388 g/mol. The standard InChI is InChI=1S/C24H20O5/c1-27-19-8-10-20(18(14-19)15-25)21-9-6-17(13-24(21)29-3)5-4-16-7-11-23(28-2)22(26)12-16/h6-15,26H,1-3H3. The molecule has 0 saturated carbocycles. The van der Waals surface area contributed by atoms with Crippen LogP contribution in [0.4, 0.5) is 0 Å². The number of methoxy groups -OCH3 is 3. The van der Waals surface area contributed by atoms with Gasteiger partial charge in [0.25, 0.3) is 0 Å². The quantitative estimate of drug-likeness (QED) is 0.522. The van der Waals surface area contributed by atoms with E-state index in [1.54, 1.807) is 44.6 Å². The highest BCUT2D eigenvalue weighted by Crippen LogP contribution is 2.34. The van der Waals surface area contributed by atoms with Crippen molar-refractivity contribution < 1.29 is 24.1 Å². The van der Waals surface area contributed by atoms with Gasteiger partial charge in [-0.1, -0.05) is 11.8 Å². The van der Waals surface area contributed by atoms with Crippen LogP contribution in [0, 0.1) is 11.8 Å². The number of aromatic hydroxyl groups is 1. The lowest BCUT2D eigenvalue weighted by Gasteiger charge is -2.12. The minimum atomic E-state index is 0.0353. The summed E-state index contributed by atoms with van der Waals surface area (Å²) in [5.41, 5.74) is 3.43. The monoisotopic (exact) mass is 388 g/mol. The lowest BCUT2D eigenvalue weighted by Crippen LogP contribution is -1.94. The summed E-state index contributed by atoms with van der Waals surface area (Å²) in [5, 5.41) is 9.87. The third kappa shape index (κ3) is 4.33. The van der Waals surface area contributed by atoms with E-state index >= 15 is 0 Å². The van der Waals surface area contributed by atoms with Crippen molar-refractivity contribution >= 4 is 6.29 Å². The zero-order valence-electron chi connectivity index (χ0n) is 16.4. The van der Waals surface area contributed by atoms with Crippen LogP contribution in [0.3, 0.4) is 0 Å². The van der Waals surface area contributed by atoms with Crippen molar-refractivity contribution in [1.29, 1.82) is 0 Å². The molecule has 0 aromatic heterocycles. The predicted octanol–water partition coefficient (Wildman–Crippen LogP) is 4.30. The second kappa shape index (κ2) is 8.85. The van der Waals surface area contributed by atoms with Crippen molar-refractivity contribution in [2.75, 3.05) is 21.3 Å². The number of hydrogen-bond acceptors (Lipinski definition) is 5. The van der Waals surface area contributed by atoms with Gasteiger partial charge in [-0.3, -0.25) is 4.79 Å². The highest BCUT2D eigenvalue weighted by Gasteiger charge is 2.12. The maximum absolute atomic E-state index is 11.5. The summed E-state index contributed by atoms with van der Waals surface area (Å²) in [6.45, 7) is 0. The molecule has 0 radical (unpaired) electrons. The van der Waals surface area contributed by atoms with Crippen LogP contribution < -0.4 is 14.2 Å². The van der Waals surface area contributed by atoms with E-state index in [4.69, 9.17) is 14.2 Å². The summed E-state index contributed by atoms with van der Waals surface area (Å²) in [6.07, 6.45) is 0.793. The summed E-state index contributed by atoms with van der Waals surface area (Å²) >= 11 is 0. The molecule has 3 aromatic carbocycles. The number of phenols is 1. The fraction of sp³-hybridized carbons (Fsp3) is 0.125. The van der Waals surface area contributed by atoms with Gasteiger partial charge in [0.1, 0.15) is 11.5 Å². The molecule has 0 saturated heterocycles. The third-order valence-electron chi connectivity index (χ3n) is 4.41. The van der Waals surface area contributed by atoms with Gasteiger partial charge >= 0.3 is 0 Å². The summed E-state index contributed by atoms with van der Waals surface area (Å²) in [4.78, 5) is 11.5. The van der Waals surface area contributed by atoms with Gasteiger partial charge in [-0.2, -0.15) is 0 Å². The molecule has 3 rings (SSSR count). The van der Waals surface area contributed by atoms with Gasteiger partial charge in [0.2, 0.25) is 0 Å². The van der Waals surface area contributed by atoms with Gasteiger partial charge in [-0.25, -0.2) is 0 Å². The summed E-state index contributed by atoms with van der Waals surface area (Å²) in [7, 11) is 4.62. The van der Waals surface area contributed by atoms with Gasteiger partial charge in [-0.15, -0.1) is 0 Å². The molecule has 0 aliphatic rings. The Morgan fingerprint density at radius 3 is 2.03 bits per heavy atom. The van der Waals surface area contributed by atoms with Crippen LogP contribution in [0.25, 0.3) is 11.1 Å². The largest absolute Gasteiger partial charge is 0.504 e. The molecule has 29 heavy (non-hydrogen) atoms. The molecule has 0 atom stereocenters. The fourth-order valence-corrected chi connectivity index (χ4v) is 2.91. The van der Waals surface area contributed by atoms with Crippen LogP contribution in [0.5, 0.6) is 23.0 Å². The maximum Gasteiger partial charge on any atom is 0.160 e. The Morgan fingerprint density at radius 1 is 0.759 bits per heavy atom. The van der Waals surface area contributed by atoms with E-state index in [1.165, 1.54) is 7.11 Å². The number of rotatable bonds is 5. The summed E-state index contributed by atoms with van der Waals surface area (Å²) in [5.74, 6) is 7.70. The second-order valence-corrected chi connectivity index (χ2v) is 6.12. The van der Waals surface area contributed by atoms with Crippen LogP contribution in [0.1, 0.15) is 21.5 Å². The van der Waals surface area contributed by atoms with Crippen molar-refractivity contribution in [1.82, 2.24) is 0 Å². The number of aldehydes is 1. The Bertz CT molecular complexity index is 1110. The van der Waals surface area contributed by atoms with Crippen LogP contribution in [-0.2, 0) is 0 Å². The van der Waals surface area contributed by atoms with Crippen molar-refractivity contribution in [3.63, 3.8) is 0 Å². The summed E-state index contributed by atoms with van der Waals surface area (Å²) < 4.78 is 15.7. The zero-order chi connectivity index (χ0) is 20.8. The topological polar surface area (TPSA) is 65.0 Å². The Hall–Kier alpha value is -3.91. The van der Waals surface area contributed by atoms with Crippen LogP contribution in [-0.4, -0.2) is 32.7 Å². The molecule has 0 spiro atoms. The van der Waals surface area contributed by atoms with Crippen LogP contribution >= 0.6 is 0 Å². The first kappa shape index (κ1) is 19.8. The molecule has 5 nitrogen and oxygen atoms in total. The lowest BCUT2D eigenvalue weighted by atomic mass is 9.98. The smallest absolute Gasteiger partial charge is 0.160 e. The Kier molecular flexibility index (Phi) is 6.06. The zero-order valence-corrected chi connectivity index (χ0v) is 16.4. The molecule has 0 bridgehead atoms. The maximum atomic E-state index is 11.5. The highest BCUT2D eigenvalue weighted by atomic mass is 16.5. The second-order valence-electron chi connectivity index (χ2n) is 6.12. The fourth-order valence-electron chi connectivity index (χ4n) is 2.91. The molecule has 1 N–H and O–H groups in total. The molecule has 0 aliphatic carbocycles. The molecule has 0 unspecified atom stereocenters. The van der Waals surface area contributed by atoms with Gasteiger partial charge in [0, 0.05) is 22.3 Å². The van der Waals surface area contributed by atoms with E-state index in [-0.39, 0.29) is 5.75 Å². The molecule has 0 aliphatic heterocycles. The minimum absolute atomic E-state index is 0.0353. The molecule has 0 fully saturated rings. The van der Waals surface area contributed by atoms with E-state index in [2.05, 4.69) is 11.8 Å². The molecule has 3 aromatic rings. The van der Waals surface area contributed by atoms with Crippen molar-refractivity contribution in [3.8, 4) is 46.0 Å². The predicted molar refractivity (Wildman–Crippen MR) is 111 cm³/mol. The van der Waals surface area contributed by atoms with E-state index in [9.17, 15) is 9.90 Å². The van der Waals surface area contributed by atoms with E-state index in [1.807, 2.05) is 24.3 Å². The number of phenolic OH excluding ortho intramolecular Hbond substituents is 1. The lowest BCUT2D eigenvalue weighted by molar-refractivity contribution is 0.112. The molecule has 146 valence electrons. The minimum Gasteiger partial charge on any atom is -0.504 e. The Morgan fingerprint density at radius 2 is 1.41 bits per heavy atom. The number of benzene rings is 3. The first-order valence-electron chi connectivity index (χ1n) is 8.80. The molecular formula is C24H20O5. The first-order valence-corrected chi connectivity index (χ1v) is 8.80. The van der Waals surface area contributed by atoms with Gasteiger partial charge in [-0.05, 0) is 60.2 Å². The molecule has 0 amide bonds. The van der Waals surface area contributed by atoms with Gasteiger partial charge < -0.3 is 19.3 Å². The Labute approximate surface area is 169 Å². The highest BCUT2D eigenvalue weighted by molar-refractivity contribution is 5.90. The van der Waals surface area contributed by atoms with Crippen molar-refractivity contribution in [3.05, 3.63) is 71.3 Å². The van der Waals surface area contributed by atoms with Crippen LogP contribution in [0.15, 0.2) is 54.6 Å². The molecular weight excluding hydrogens is 368 g/mol. The van der Waals surface area contributed by atoms with Gasteiger partial charge in [0.05, 0.1) is 21.3 Å². The normalized spacial score (nSPS) is 9.90. The van der Waals surface area contributed by atoms with Crippen molar-refractivity contribution in [2.24, 2.45) is 0 Å². The first-order chi connectivity index (χ1) is 14.1. The number of carbonyl (C=O) groups excluding carboxylic acids is 1. The SMILES string of the molecule is COc1ccc(-c2ccc(C#Cc3ccc(OC)c(O)c3)cc2OC)c(C=O)c1. The summed E-state index contributed by atoms with van der Waals surface area (Å²) in [6, 6.07) is 15.8.